The zero-order valence-electron chi connectivity index (χ0n) is 12.4. The molecule has 2 aromatic carbocycles. The summed E-state index contributed by atoms with van der Waals surface area (Å²) in [6.07, 6.45) is 1.10. The minimum atomic E-state index is -3.29. The van der Waals surface area contributed by atoms with Gasteiger partial charge in [0.05, 0.1) is 5.75 Å². The summed E-state index contributed by atoms with van der Waals surface area (Å²) in [6, 6.07) is 9.43. The highest BCUT2D eigenvalue weighted by Gasteiger charge is 2.18. The van der Waals surface area contributed by atoms with E-state index in [0.29, 0.717) is 11.6 Å². The molecule has 23 heavy (non-hydrogen) atoms. The van der Waals surface area contributed by atoms with Crippen LogP contribution < -0.4 is 5.32 Å². The monoisotopic (exact) mass is 343 g/mol. The van der Waals surface area contributed by atoms with Crippen molar-refractivity contribution in [1.82, 2.24) is 5.32 Å². The summed E-state index contributed by atoms with van der Waals surface area (Å²) in [5.41, 5.74) is 0.638. The topological polar surface area (TPSA) is 46.2 Å². The lowest BCUT2D eigenvalue weighted by molar-refractivity contribution is 0.481. The Balaban J connectivity index is 2.20. The SMILES string of the molecule is CS(=O)(=O)C[C@@H](NCc1cc(F)c(F)cc1F)c1ccccc1. The van der Waals surface area contributed by atoms with Gasteiger partial charge in [-0.3, -0.25) is 0 Å². The molecule has 124 valence electrons. The predicted octanol–water partition coefficient (Wildman–Crippen LogP) is 2.98. The molecule has 0 aliphatic carbocycles. The Bertz CT molecular complexity index is 779. The number of benzene rings is 2. The molecule has 0 aliphatic heterocycles. The third kappa shape index (κ3) is 5.07. The van der Waals surface area contributed by atoms with Gasteiger partial charge in [-0.15, -0.1) is 0 Å². The first kappa shape index (κ1) is 17.5. The summed E-state index contributed by atoms with van der Waals surface area (Å²) in [5.74, 6) is -3.49. The van der Waals surface area contributed by atoms with E-state index in [4.69, 9.17) is 0 Å². The summed E-state index contributed by atoms with van der Waals surface area (Å²) >= 11 is 0. The lowest BCUT2D eigenvalue weighted by atomic mass is 10.1. The van der Waals surface area contributed by atoms with Gasteiger partial charge in [0.2, 0.25) is 0 Å². The fourth-order valence-electron chi connectivity index (χ4n) is 2.19. The van der Waals surface area contributed by atoms with E-state index < -0.39 is 33.3 Å². The largest absolute Gasteiger partial charge is 0.305 e. The summed E-state index contributed by atoms with van der Waals surface area (Å²) in [4.78, 5) is 0. The second-order valence-electron chi connectivity index (χ2n) is 5.29. The third-order valence-electron chi connectivity index (χ3n) is 3.30. The van der Waals surface area contributed by atoms with Crippen LogP contribution in [-0.4, -0.2) is 20.4 Å². The smallest absolute Gasteiger partial charge is 0.161 e. The van der Waals surface area contributed by atoms with Crippen LogP contribution in [0.2, 0.25) is 0 Å². The van der Waals surface area contributed by atoms with Crippen LogP contribution in [0.4, 0.5) is 13.2 Å². The van der Waals surface area contributed by atoms with Gasteiger partial charge in [0, 0.05) is 30.5 Å². The minimum absolute atomic E-state index is 0.0710. The summed E-state index contributed by atoms with van der Waals surface area (Å²) in [6.45, 7) is -0.127. The lowest BCUT2D eigenvalue weighted by Crippen LogP contribution is -2.28. The Morgan fingerprint density at radius 2 is 1.61 bits per heavy atom. The molecule has 0 fully saturated rings. The van der Waals surface area contributed by atoms with Crippen molar-refractivity contribution in [3.05, 3.63) is 71.0 Å². The summed E-state index contributed by atoms with van der Waals surface area (Å²) < 4.78 is 62.9. The van der Waals surface area contributed by atoms with Crippen LogP contribution >= 0.6 is 0 Å². The Morgan fingerprint density at radius 3 is 2.22 bits per heavy atom. The standard InChI is InChI=1S/C16H16F3NO2S/c1-23(21,22)10-16(11-5-3-2-4-6-11)20-9-12-7-14(18)15(19)8-13(12)17/h2-8,16,20H,9-10H2,1H3/t16-/m1/s1. The molecular weight excluding hydrogens is 327 g/mol. The molecule has 0 aromatic heterocycles. The van der Waals surface area contributed by atoms with E-state index in [9.17, 15) is 21.6 Å². The van der Waals surface area contributed by atoms with Crippen LogP contribution in [0.5, 0.6) is 0 Å². The van der Waals surface area contributed by atoms with Crippen LogP contribution in [-0.2, 0) is 16.4 Å². The predicted molar refractivity (Wildman–Crippen MR) is 82.0 cm³/mol. The second kappa shape index (κ2) is 7.14. The van der Waals surface area contributed by atoms with Crippen LogP contribution in [0.15, 0.2) is 42.5 Å². The normalized spacial score (nSPS) is 13.0. The van der Waals surface area contributed by atoms with Gasteiger partial charge >= 0.3 is 0 Å². The molecule has 0 aliphatic rings. The highest BCUT2D eigenvalue weighted by molar-refractivity contribution is 7.90. The molecule has 0 bridgehead atoms. The van der Waals surface area contributed by atoms with Crippen molar-refractivity contribution in [1.29, 1.82) is 0 Å². The number of rotatable bonds is 6. The maximum Gasteiger partial charge on any atom is 0.161 e. The van der Waals surface area contributed by atoms with Crippen molar-refractivity contribution in [2.75, 3.05) is 12.0 Å². The molecule has 2 aromatic rings. The molecule has 0 unspecified atom stereocenters. The molecule has 0 amide bonds. The molecule has 0 saturated heterocycles. The molecule has 1 atom stereocenters. The maximum absolute atomic E-state index is 13.7. The summed E-state index contributed by atoms with van der Waals surface area (Å²) in [7, 11) is -3.29. The van der Waals surface area contributed by atoms with E-state index in [0.717, 1.165) is 12.3 Å². The van der Waals surface area contributed by atoms with Crippen molar-refractivity contribution in [2.24, 2.45) is 0 Å². The van der Waals surface area contributed by atoms with Gasteiger partial charge in [0.15, 0.2) is 11.6 Å². The molecule has 0 heterocycles. The number of hydrogen-bond donors (Lipinski definition) is 1. The quantitative estimate of drug-likeness (QED) is 0.820. The van der Waals surface area contributed by atoms with E-state index in [-0.39, 0.29) is 17.9 Å². The molecular formula is C16H16F3NO2S. The van der Waals surface area contributed by atoms with Gasteiger partial charge in [-0.2, -0.15) is 0 Å². The minimum Gasteiger partial charge on any atom is -0.305 e. The highest BCUT2D eigenvalue weighted by atomic mass is 32.2. The Kier molecular flexibility index (Phi) is 5.43. The zero-order valence-corrected chi connectivity index (χ0v) is 13.2. The van der Waals surface area contributed by atoms with Gasteiger partial charge in [0.25, 0.3) is 0 Å². The van der Waals surface area contributed by atoms with E-state index in [1.54, 1.807) is 30.3 Å². The first-order valence-corrected chi connectivity index (χ1v) is 8.92. The molecule has 0 radical (unpaired) electrons. The van der Waals surface area contributed by atoms with Crippen LogP contribution in [0.25, 0.3) is 0 Å². The average Bonchev–Trinajstić information content (AvgIpc) is 2.48. The van der Waals surface area contributed by atoms with E-state index >= 15 is 0 Å². The zero-order chi connectivity index (χ0) is 17.0. The van der Waals surface area contributed by atoms with Crippen molar-refractivity contribution in [2.45, 2.75) is 12.6 Å². The van der Waals surface area contributed by atoms with Crippen molar-refractivity contribution >= 4 is 9.84 Å². The van der Waals surface area contributed by atoms with E-state index in [1.807, 2.05) is 0 Å². The highest BCUT2D eigenvalue weighted by Crippen LogP contribution is 2.18. The fourth-order valence-corrected chi connectivity index (χ4v) is 3.11. The third-order valence-corrected chi connectivity index (χ3v) is 4.24. The first-order chi connectivity index (χ1) is 10.8. The van der Waals surface area contributed by atoms with Crippen molar-refractivity contribution in [3.63, 3.8) is 0 Å². The van der Waals surface area contributed by atoms with E-state index in [2.05, 4.69) is 5.32 Å². The first-order valence-electron chi connectivity index (χ1n) is 6.86. The molecule has 1 N–H and O–H groups in total. The fraction of sp³-hybridized carbons (Fsp3) is 0.250. The summed E-state index contributed by atoms with van der Waals surface area (Å²) in [5, 5.41) is 2.89. The van der Waals surface area contributed by atoms with Gasteiger partial charge in [-0.25, -0.2) is 21.6 Å². The molecule has 2 rings (SSSR count). The molecule has 0 saturated carbocycles. The van der Waals surface area contributed by atoms with E-state index in [1.165, 1.54) is 0 Å². The van der Waals surface area contributed by atoms with Crippen LogP contribution in [0, 0.1) is 17.5 Å². The van der Waals surface area contributed by atoms with Gasteiger partial charge in [0.1, 0.15) is 15.7 Å². The molecule has 0 spiro atoms. The van der Waals surface area contributed by atoms with Crippen molar-refractivity contribution < 1.29 is 21.6 Å². The number of sulfone groups is 1. The Morgan fingerprint density at radius 1 is 1.00 bits per heavy atom. The van der Waals surface area contributed by atoms with Gasteiger partial charge in [-0.1, -0.05) is 30.3 Å². The van der Waals surface area contributed by atoms with Gasteiger partial charge in [-0.05, 0) is 11.6 Å². The van der Waals surface area contributed by atoms with Crippen LogP contribution in [0.1, 0.15) is 17.2 Å². The second-order valence-corrected chi connectivity index (χ2v) is 7.48. The Hall–Kier alpha value is -1.86. The van der Waals surface area contributed by atoms with Gasteiger partial charge < -0.3 is 5.32 Å². The molecule has 3 nitrogen and oxygen atoms in total. The number of nitrogens with one attached hydrogen (secondary N) is 1. The lowest BCUT2D eigenvalue weighted by Gasteiger charge is -2.19. The number of halogens is 3. The maximum atomic E-state index is 13.7. The van der Waals surface area contributed by atoms with Crippen LogP contribution in [0.3, 0.4) is 0 Å². The molecule has 7 heteroatoms. The Labute approximate surface area is 133 Å². The number of hydrogen-bond acceptors (Lipinski definition) is 3. The van der Waals surface area contributed by atoms with Crippen molar-refractivity contribution in [3.8, 4) is 0 Å². The average molecular weight is 343 g/mol.